The number of nitrogens with zero attached hydrogens (tertiary/aromatic N) is 3. The third kappa shape index (κ3) is 4.57. The maximum atomic E-state index is 14.3. The summed E-state index contributed by atoms with van der Waals surface area (Å²) in [6.45, 7) is 3.23. The zero-order chi connectivity index (χ0) is 19.6. The van der Waals surface area contributed by atoms with Gasteiger partial charge in [-0.15, -0.1) is 0 Å². The molecule has 1 amide bonds. The molecule has 0 aromatic carbocycles. The van der Waals surface area contributed by atoms with Gasteiger partial charge in [0.25, 0.3) is 0 Å². The second-order valence-electron chi connectivity index (χ2n) is 7.47. The number of aromatic nitrogens is 3. The van der Waals surface area contributed by atoms with Crippen molar-refractivity contribution < 1.29 is 14.3 Å². The molecule has 0 radical (unpaired) electrons. The molecule has 8 heteroatoms. The zero-order valence-electron chi connectivity index (χ0n) is 15.4. The van der Waals surface area contributed by atoms with Gasteiger partial charge in [0, 0.05) is 23.7 Å². The minimum absolute atomic E-state index is 0.0789. The van der Waals surface area contributed by atoms with Gasteiger partial charge in [-0.05, 0) is 51.7 Å². The number of aliphatic hydroxyl groups is 1. The van der Waals surface area contributed by atoms with E-state index in [4.69, 9.17) is 5.73 Å². The van der Waals surface area contributed by atoms with Gasteiger partial charge in [0.05, 0.1) is 11.9 Å². The highest BCUT2D eigenvalue weighted by Crippen LogP contribution is 2.28. The van der Waals surface area contributed by atoms with E-state index in [1.165, 1.54) is 6.20 Å². The molecule has 144 valence electrons. The van der Waals surface area contributed by atoms with Gasteiger partial charge in [-0.25, -0.2) is 14.4 Å². The fraction of sp³-hybridized carbons (Fsp3) is 0.474. The van der Waals surface area contributed by atoms with Gasteiger partial charge >= 0.3 is 0 Å². The molecule has 1 aliphatic rings. The molecule has 0 spiro atoms. The largest absolute Gasteiger partial charge is 0.384 e. The summed E-state index contributed by atoms with van der Waals surface area (Å²) < 4.78 is 14.3. The summed E-state index contributed by atoms with van der Waals surface area (Å²) in [5, 5.41) is 13.3. The Hall–Kier alpha value is -2.61. The van der Waals surface area contributed by atoms with Crippen molar-refractivity contribution in [2.24, 2.45) is 11.7 Å². The number of carbonyl (C=O) groups excluding carboxylic acids is 1. The van der Waals surface area contributed by atoms with Crippen LogP contribution in [0.1, 0.15) is 45.2 Å². The van der Waals surface area contributed by atoms with Gasteiger partial charge in [0.1, 0.15) is 11.3 Å². The summed E-state index contributed by atoms with van der Waals surface area (Å²) >= 11 is 0. The van der Waals surface area contributed by atoms with E-state index >= 15 is 0 Å². The van der Waals surface area contributed by atoms with E-state index in [-0.39, 0.29) is 23.6 Å². The summed E-state index contributed by atoms with van der Waals surface area (Å²) in [6.07, 6.45) is 5.65. The van der Waals surface area contributed by atoms with Crippen LogP contribution in [0, 0.1) is 11.7 Å². The molecule has 0 unspecified atom stereocenters. The topological polar surface area (TPSA) is 114 Å². The van der Waals surface area contributed by atoms with Crippen LogP contribution in [-0.4, -0.2) is 32.0 Å². The van der Waals surface area contributed by atoms with Crippen LogP contribution in [0.3, 0.4) is 0 Å². The van der Waals surface area contributed by atoms with Gasteiger partial charge in [0.2, 0.25) is 11.9 Å². The Morgan fingerprint density at radius 1 is 1.30 bits per heavy atom. The number of rotatable bonds is 5. The number of nitrogens with two attached hydrogens (primary N) is 1. The molecule has 1 aliphatic carbocycles. The first-order valence-corrected chi connectivity index (χ1v) is 9.01. The summed E-state index contributed by atoms with van der Waals surface area (Å²) in [7, 11) is 0. The number of hydrogen-bond donors (Lipinski definition) is 3. The van der Waals surface area contributed by atoms with Crippen LogP contribution < -0.4 is 11.1 Å². The van der Waals surface area contributed by atoms with Crippen molar-refractivity contribution in [1.82, 2.24) is 15.0 Å². The van der Waals surface area contributed by atoms with Crippen LogP contribution >= 0.6 is 0 Å². The molecular formula is C19H24FN5O2. The molecule has 0 saturated heterocycles. The summed E-state index contributed by atoms with van der Waals surface area (Å²) in [6, 6.07) is 3.37. The first-order chi connectivity index (χ1) is 12.7. The predicted octanol–water partition coefficient (Wildman–Crippen LogP) is 2.36. The monoisotopic (exact) mass is 373 g/mol. The predicted molar refractivity (Wildman–Crippen MR) is 99.0 cm³/mol. The molecule has 0 aliphatic heterocycles. The highest BCUT2D eigenvalue weighted by atomic mass is 19.1. The number of nitrogens with one attached hydrogen (secondary N) is 1. The second-order valence-corrected chi connectivity index (χ2v) is 7.47. The van der Waals surface area contributed by atoms with Crippen molar-refractivity contribution in [2.45, 2.75) is 51.2 Å². The fourth-order valence-electron chi connectivity index (χ4n) is 3.26. The number of anilines is 1. The van der Waals surface area contributed by atoms with E-state index < -0.39 is 11.4 Å². The smallest absolute Gasteiger partial charge is 0.223 e. The van der Waals surface area contributed by atoms with Crippen LogP contribution in [0.5, 0.6) is 0 Å². The van der Waals surface area contributed by atoms with Crippen molar-refractivity contribution >= 4 is 11.9 Å². The van der Waals surface area contributed by atoms with Gasteiger partial charge in [0.15, 0.2) is 5.82 Å². The van der Waals surface area contributed by atoms with Gasteiger partial charge in [-0.1, -0.05) is 0 Å². The van der Waals surface area contributed by atoms with Gasteiger partial charge in [-0.2, -0.15) is 0 Å². The molecule has 0 atom stereocenters. The van der Waals surface area contributed by atoms with Crippen LogP contribution in [0.25, 0.3) is 11.3 Å². The van der Waals surface area contributed by atoms with Crippen LogP contribution in [-0.2, 0) is 10.4 Å². The highest BCUT2D eigenvalue weighted by molar-refractivity contribution is 5.76. The lowest BCUT2D eigenvalue weighted by Crippen LogP contribution is -2.32. The SMILES string of the molecule is CC(C)(O)c1cc(-c2nc(N[C@H]3CC[C@H](C(N)=O)CC3)ncc2F)ccn1. The maximum absolute atomic E-state index is 14.3. The third-order valence-electron chi connectivity index (χ3n) is 4.87. The quantitative estimate of drug-likeness (QED) is 0.741. The number of hydrogen-bond acceptors (Lipinski definition) is 6. The van der Waals surface area contributed by atoms with E-state index in [9.17, 15) is 14.3 Å². The minimum atomic E-state index is -1.14. The Balaban J connectivity index is 1.78. The molecule has 2 aromatic rings. The Kier molecular flexibility index (Phi) is 5.36. The number of primary amides is 1. The normalized spacial score (nSPS) is 20.3. The van der Waals surface area contributed by atoms with Crippen molar-refractivity contribution in [1.29, 1.82) is 0 Å². The highest BCUT2D eigenvalue weighted by Gasteiger charge is 2.25. The number of pyridine rings is 1. The molecule has 1 fully saturated rings. The standard InChI is InChI=1S/C19H24FN5O2/c1-19(2,27)15-9-12(7-8-22-15)16-14(20)10-23-18(25-16)24-13-5-3-11(4-6-13)17(21)26/h7-11,13,27H,3-6H2,1-2H3,(H2,21,26)(H,23,24,25)/t11-,13-. The molecular weight excluding hydrogens is 349 g/mol. The molecule has 7 nitrogen and oxygen atoms in total. The Bertz CT molecular complexity index is 829. The van der Waals surface area contributed by atoms with Gasteiger partial charge < -0.3 is 16.2 Å². The second kappa shape index (κ2) is 7.56. The van der Waals surface area contributed by atoms with E-state index in [1.54, 1.807) is 26.0 Å². The Morgan fingerprint density at radius 2 is 2.00 bits per heavy atom. The fourth-order valence-corrected chi connectivity index (χ4v) is 3.26. The molecule has 27 heavy (non-hydrogen) atoms. The van der Waals surface area contributed by atoms with Crippen molar-refractivity contribution in [3.05, 3.63) is 36.0 Å². The lowest BCUT2D eigenvalue weighted by molar-refractivity contribution is -0.122. The van der Waals surface area contributed by atoms with Crippen molar-refractivity contribution in [3.63, 3.8) is 0 Å². The van der Waals surface area contributed by atoms with Crippen LogP contribution in [0.2, 0.25) is 0 Å². The Labute approximate surface area is 157 Å². The summed E-state index contributed by atoms with van der Waals surface area (Å²) in [4.78, 5) is 23.7. The van der Waals surface area contributed by atoms with Crippen molar-refractivity contribution in [2.75, 3.05) is 5.32 Å². The maximum Gasteiger partial charge on any atom is 0.223 e. The van der Waals surface area contributed by atoms with E-state index in [2.05, 4.69) is 20.3 Å². The van der Waals surface area contributed by atoms with Crippen molar-refractivity contribution in [3.8, 4) is 11.3 Å². The van der Waals surface area contributed by atoms with Gasteiger partial charge in [-0.3, -0.25) is 9.78 Å². The molecule has 3 rings (SSSR count). The number of halogens is 1. The molecule has 2 heterocycles. The zero-order valence-corrected chi connectivity index (χ0v) is 15.4. The summed E-state index contributed by atoms with van der Waals surface area (Å²) in [5.74, 6) is -0.555. The first-order valence-electron chi connectivity index (χ1n) is 9.01. The van der Waals surface area contributed by atoms with Crippen LogP contribution in [0.4, 0.5) is 10.3 Å². The Morgan fingerprint density at radius 3 is 2.63 bits per heavy atom. The first kappa shape index (κ1) is 19.2. The molecule has 1 saturated carbocycles. The average molecular weight is 373 g/mol. The average Bonchev–Trinajstić information content (AvgIpc) is 2.63. The number of amides is 1. The summed E-state index contributed by atoms with van der Waals surface area (Å²) in [5.41, 5.74) is 5.31. The van der Waals surface area contributed by atoms with E-state index in [0.717, 1.165) is 31.9 Å². The van der Waals surface area contributed by atoms with E-state index in [1.807, 2.05) is 0 Å². The lowest BCUT2D eigenvalue weighted by atomic mass is 9.86. The minimum Gasteiger partial charge on any atom is -0.384 e. The molecule has 2 aromatic heterocycles. The third-order valence-corrected chi connectivity index (χ3v) is 4.87. The lowest BCUT2D eigenvalue weighted by Gasteiger charge is -2.27. The number of carbonyl (C=O) groups is 1. The molecule has 0 bridgehead atoms. The molecule has 4 N–H and O–H groups in total. The van der Waals surface area contributed by atoms with E-state index in [0.29, 0.717) is 17.2 Å². The van der Waals surface area contributed by atoms with Crippen LogP contribution in [0.15, 0.2) is 24.5 Å².